The average Bonchev–Trinajstić information content (AvgIpc) is 2.87. The Morgan fingerprint density at radius 2 is 1.66 bits per heavy atom. The summed E-state index contributed by atoms with van der Waals surface area (Å²) < 4.78 is 18.3. The van der Waals surface area contributed by atoms with Gasteiger partial charge in [0, 0.05) is 6.04 Å². The van der Waals surface area contributed by atoms with Crippen molar-refractivity contribution in [2.75, 3.05) is 0 Å². The highest BCUT2D eigenvalue weighted by Gasteiger charge is 2.51. The molecule has 3 rings (SSSR count). The second-order valence-electron chi connectivity index (χ2n) is 8.75. The minimum Gasteiger partial charge on any atom is -0.488 e. The summed E-state index contributed by atoms with van der Waals surface area (Å²) in [5.74, 6) is 0.355. The lowest BCUT2D eigenvalue weighted by molar-refractivity contribution is 0.00578. The van der Waals surface area contributed by atoms with Crippen molar-refractivity contribution >= 4 is 18.5 Å². The zero-order valence-electron chi connectivity index (χ0n) is 18.1. The maximum atomic E-state index is 12.8. The van der Waals surface area contributed by atoms with Crippen LogP contribution in [0.2, 0.25) is 0 Å². The Morgan fingerprint density at radius 1 is 1.03 bits per heavy atom. The van der Waals surface area contributed by atoms with Crippen LogP contribution in [0.25, 0.3) is 0 Å². The van der Waals surface area contributed by atoms with Gasteiger partial charge in [-0.1, -0.05) is 36.4 Å². The zero-order chi connectivity index (χ0) is 21.2. The van der Waals surface area contributed by atoms with Gasteiger partial charge in [-0.15, -0.1) is 0 Å². The van der Waals surface area contributed by atoms with E-state index in [1.54, 1.807) is 6.07 Å². The molecule has 29 heavy (non-hydrogen) atoms. The van der Waals surface area contributed by atoms with Crippen LogP contribution in [0, 0.1) is 0 Å². The van der Waals surface area contributed by atoms with E-state index < -0.39 is 18.3 Å². The third kappa shape index (κ3) is 4.82. The van der Waals surface area contributed by atoms with Gasteiger partial charge in [0.15, 0.2) is 0 Å². The summed E-state index contributed by atoms with van der Waals surface area (Å²) in [7, 11) is -0.534. The van der Waals surface area contributed by atoms with Crippen LogP contribution >= 0.6 is 0 Å². The van der Waals surface area contributed by atoms with E-state index >= 15 is 0 Å². The molecule has 0 atom stereocenters. The molecule has 154 valence electrons. The van der Waals surface area contributed by atoms with Crippen LogP contribution in [0.1, 0.15) is 57.5 Å². The van der Waals surface area contributed by atoms with Crippen LogP contribution < -0.4 is 15.5 Å². The van der Waals surface area contributed by atoms with Gasteiger partial charge in [0.05, 0.1) is 16.8 Å². The molecule has 0 bridgehead atoms. The fourth-order valence-electron chi connectivity index (χ4n) is 3.05. The molecule has 0 saturated carbocycles. The Kier molecular flexibility index (Phi) is 6.06. The summed E-state index contributed by atoms with van der Waals surface area (Å²) >= 11 is 0. The molecule has 0 unspecified atom stereocenters. The topological polar surface area (TPSA) is 56.8 Å². The van der Waals surface area contributed by atoms with E-state index in [0.29, 0.717) is 17.9 Å². The van der Waals surface area contributed by atoms with Crippen molar-refractivity contribution in [1.82, 2.24) is 5.32 Å². The second-order valence-corrected chi connectivity index (χ2v) is 8.75. The van der Waals surface area contributed by atoms with Gasteiger partial charge < -0.3 is 19.4 Å². The molecular formula is C23H30BNO4. The van der Waals surface area contributed by atoms with E-state index in [2.05, 4.69) is 5.32 Å². The lowest BCUT2D eigenvalue weighted by Crippen LogP contribution is -2.41. The average molecular weight is 395 g/mol. The van der Waals surface area contributed by atoms with E-state index in [1.165, 1.54) is 0 Å². The van der Waals surface area contributed by atoms with Gasteiger partial charge >= 0.3 is 7.12 Å². The van der Waals surface area contributed by atoms with Crippen LogP contribution in [0.4, 0.5) is 0 Å². The predicted octanol–water partition coefficient (Wildman–Crippen LogP) is 3.70. The molecular weight excluding hydrogens is 365 g/mol. The van der Waals surface area contributed by atoms with E-state index in [4.69, 9.17) is 14.0 Å². The first kappa shape index (κ1) is 21.4. The summed E-state index contributed by atoms with van der Waals surface area (Å²) in [6.07, 6.45) is 0. The number of amides is 1. The Bertz CT molecular complexity index is 848. The maximum absolute atomic E-state index is 12.8. The molecule has 1 saturated heterocycles. The predicted molar refractivity (Wildman–Crippen MR) is 116 cm³/mol. The van der Waals surface area contributed by atoms with E-state index in [0.717, 1.165) is 11.0 Å². The second kappa shape index (κ2) is 8.21. The Balaban J connectivity index is 1.88. The lowest BCUT2D eigenvalue weighted by atomic mass is 9.78. The Hall–Kier alpha value is -2.31. The first-order valence-electron chi connectivity index (χ1n) is 10.1. The first-order valence-corrected chi connectivity index (χ1v) is 10.1. The minimum atomic E-state index is -0.534. The van der Waals surface area contributed by atoms with Crippen molar-refractivity contribution in [2.24, 2.45) is 0 Å². The molecule has 5 nitrogen and oxygen atoms in total. The highest BCUT2D eigenvalue weighted by molar-refractivity contribution is 6.62. The molecule has 0 spiro atoms. The highest BCUT2D eigenvalue weighted by atomic mass is 16.7. The molecule has 1 aliphatic heterocycles. The van der Waals surface area contributed by atoms with Crippen molar-refractivity contribution < 1.29 is 18.8 Å². The number of carbonyl (C=O) groups excluding carboxylic acids is 1. The van der Waals surface area contributed by atoms with Gasteiger partial charge in [0.25, 0.3) is 5.91 Å². The van der Waals surface area contributed by atoms with Gasteiger partial charge in [0.2, 0.25) is 0 Å². The van der Waals surface area contributed by atoms with Crippen LogP contribution in [0.5, 0.6) is 5.75 Å². The normalized spacial score (nSPS) is 17.4. The van der Waals surface area contributed by atoms with Gasteiger partial charge in [-0.05, 0) is 64.7 Å². The molecule has 0 aliphatic carbocycles. The van der Waals surface area contributed by atoms with E-state index in [-0.39, 0.29) is 11.9 Å². The largest absolute Gasteiger partial charge is 0.494 e. The summed E-state index contributed by atoms with van der Waals surface area (Å²) in [5.41, 5.74) is 1.42. The van der Waals surface area contributed by atoms with Crippen LogP contribution in [-0.2, 0) is 15.9 Å². The number of nitrogens with one attached hydrogen (secondary N) is 1. The lowest BCUT2D eigenvalue weighted by Gasteiger charge is -2.32. The summed E-state index contributed by atoms with van der Waals surface area (Å²) in [5, 5.41) is 2.95. The number of rotatable bonds is 6. The Morgan fingerprint density at radius 3 is 2.24 bits per heavy atom. The molecule has 0 radical (unpaired) electrons. The Labute approximate surface area is 173 Å². The molecule has 2 aromatic rings. The van der Waals surface area contributed by atoms with Crippen molar-refractivity contribution in [3.8, 4) is 5.75 Å². The van der Waals surface area contributed by atoms with Gasteiger partial charge in [-0.3, -0.25) is 4.79 Å². The van der Waals surface area contributed by atoms with Crippen LogP contribution in [0.3, 0.4) is 0 Å². The van der Waals surface area contributed by atoms with Crippen molar-refractivity contribution in [2.45, 2.75) is 65.4 Å². The maximum Gasteiger partial charge on any atom is 0.494 e. The number of benzene rings is 2. The number of hydrogen-bond donors (Lipinski definition) is 1. The van der Waals surface area contributed by atoms with Gasteiger partial charge in [-0.2, -0.15) is 0 Å². The van der Waals surface area contributed by atoms with Crippen LogP contribution in [0.15, 0.2) is 48.5 Å². The summed E-state index contributed by atoms with van der Waals surface area (Å²) in [4.78, 5) is 12.8. The SMILES string of the molecule is CC(C)NC(=O)c1cc(B2OC(C)(C)C(C)(C)O2)ccc1OCc1ccccc1. The molecule has 1 fully saturated rings. The molecule has 1 amide bonds. The molecule has 1 heterocycles. The molecule has 1 N–H and O–H groups in total. The third-order valence-electron chi connectivity index (χ3n) is 5.43. The van der Waals surface area contributed by atoms with Crippen molar-refractivity contribution in [3.63, 3.8) is 0 Å². The third-order valence-corrected chi connectivity index (χ3v) is 5.43. The van der Waals surface area contributed by atoms with Gasteiger partial charge in [0.1, 0.15) is 12.4 Å². The first-order chi connectivity index (χ1) is 13.6. The van der Waals surface area contributed by atoms with Crippen molar-refractivity contribution in [3.05, 3.63) is 59.7 Å². The number of ether oxygens (including phenoxy) is 1. The van der Waals surface area contributed by atoms with Gasteiger partial charge in [-0.25, -0.2) is 0 Å². The molecule has 6 heteroatoms. The molecule has 1 aliphatic rings. The quantitative estimate of drug-likeness (QED) is 0.758. The molecule has 2 aromatic carbocycles. The zero-order valence-corrected chi connectivity index (χ0v) is 18.1. The fourth-order valence-corrected chi connectivity index (χ4v) is 3.05. The summed E-state index contributed by atoms with van der Waals surface area (Å²) in [6, 6.07) is 15.4. The van der Waals surface area contributed by atoms with Crippen LogP contribution in [-0.4, -0.2) is 30.3 Å². The minimum absolute atomic E-state index is 0.0185. The fraction of sp³-hybridized carbons (Fsp3) is 0.435. The molecule has 0 aromatic heterocycles. The van der Waals surface area contributed by atoms with Crippen molar-refractivity contribution in [1.29, 1.82) is 0 Å². The number of carbonyl (C=O) groups is 1. The monoisotopic (exact) mass is 395 g/mol. The standard InChI is InChI=1S/C23H30BNO4/c1-16(2)25-21(26)19-14-18(24-28-22(3,4)23(5,6)29-24)12-13-20(19)27-15-17-10-8-7-9-11-17/h7-14,16H,15H2,1-6H3,(H,25,26). The number of hydrogen-bond acceptors (Lipinski definition) is 4. The summed E-state index contributed by atoms with van der Waals surface area (Å²) in [6.45, 7) is 12.3. The highest BCUT2D eigenvalue weighted by Crippen LogP contribution is 2.36. The van der Waals surface area contributed by atoms with E-state index in [1.807, 2.05) is 84.0 Å². The van der Waals surface area contributed by atoms with E-state index in [9.17, 15) is 4.79 Å². The smallest absolute Gasteiger partial charge is 0.488 e.